The summed E-state index contributed by atoms with van der Waals surface area (Å²) >= 11 is 13.3. The van der Waals surface area contributed by atoms with E-state index in [9.17, 15) is 0 Å². The van der Waals surface area contributed by atoms with Crippen molar-refractivity contribution in [2.45, 2.75) is 6.42 Å². The van der Waals surface area contributed by atoms with Crippen LogP contribution in [0.4, 0.5) is 0 Å². The number of methoxy groups -OCH3 is 2. The van der Waals surface area contributed by atoms with Gasteiger partial charge in [0.1, 0.15) is 17.3 Å². The maximum Gasteiger partial charge on any atom is 0.222 e. The largest absolute Gasteiger partial charge is 0.495 e. The Hall–Kier alpha value is -2.59. The van der Waals surface area contributed by atoms with E-state index in [0.717, 1.165) is 38.6 Å². The summed E-state index contributed by atoms with van der Waals surface area (Å²) in [6.07, 6.45) is 3.97. The van der Waals surface area contributed by atoms with Gasteiger partial charge in [-0.05, 0) is 6.20 Å². The van der Waals surface area contributed by atoms with Gasteiger partial charge in [0.25, 0.3) is 0 Å². The molecular weight excluding hydrogens is 479 g/mol. The zero-order valence-electron chi connectivity index (χ0n) is 19.7. The second-order valence-corrected chi connectivity index (χ2v) is 8.13. The minimum Gasteiger partial charge on any atom is -0.495 e. The highest BCUT2D eigenvalue weighted by atomic mass is 35.5. The molecule has 1 fully saturated rings. The Bertz CT molecular complexity index is 988. The van der Waals surface area contributed by atoms with E-state index in [-0.39, 0.29) is 0 Å². The number of nitrogens with one attached hydrogen (secondary N) is 2. The molecule has 0 aromatic heterocycles. The number of amidine groups is 1. The van der Waals surface area contributed by atoms with Crippen molar-refractivity contribution in [3.8, 4) is 11.5 Å². The fourth-order valence-corrected chi connectivity index (χ4v) is 4.26. The molecule has 2 N–H and O–H groups in total. The van der Waals surface area contributed by atoms with Gasteiger partial charge in [0.05, 0.1) is 49.7 Å². The fraction of sp³-hybridized carbons (Fsp3) is 0.435. The summed E-state index contributed by atoms with van der Waals surface area (Å²) in [5, 5.41) is 7.04. The van der Waals surface area contributed by atoms with Crippen LogP contribution in [0.2, 0.25) is 10.0 Å². The smallest absolute Gasteiger partial charge is 0.222 e. The topological polar surface area (TPSA) is 92.1 Å². The zero-order valence-corrected chi connectivity index (χ0v) is 21.2. The number of hydrogen-bond donors (Lipinski definition) is 2. The van der Waals surface area contributed by atoms with Gasteiger partial charge < -0.3 is 24.8 Å². The molecule has 0 saturated carbocycles. The van der Waals surface area contributed by atoms with Crippen LogP contribution in [0.1, 0.15) is 12.0 Å². The lowest BCUT2D eigenvalue weighted by Gasteiger charge is -2.26. The van der Waals surface area contributed by atoms with Gasteiger partial charge in [-0.2, -0.15) is 0 Å². The Balaban J connectivity index is 1.95. The number of allylic oxidation sites excluding steroid dienone is 1. The van der Waals surface area contributed by atoms with Crippen LogP contribution in [0.3, 0.4) is 0 Å². The highest BCUT2D eigenvalue weighted by molar-refractivity contribution is 6.46. The molecule has 0 unspecified atom stereocenters. The van der Waals surface area contributed by atoms with Crippen molar-refractivity contribution in [1.82, 2.24) is 15.5 Å². The third kappa shape index (κ3) is 6.29. The number of rotatable bonds is 7. The third-order valence-corrected chi connectivity index (χ3v) is 6.09. The number of hydrogen-bond acceptors (Lipinski definition) is 6. The van der Waals surface area contributed by atoms with Crippen molar-refractivity contribution in [2.75, 3.05) is 60.7 Å². The molecule has 9 nitrogen and oxygen atoms in total. The first-order valence-corrected chi connectivity index (χ1v) is 11.6. The van der Waals surface area contributed by atoms with E-state index in [0.29, 0.717) is 57.6 Å². The molecule has 0 bridgehead atoms. The standard InChI is InChI=1S/C23H30Cl2N6O3/c1-5-27-23(26-2)30-16-7-6-15(19-20(24)17(32-3)14-18(33-4)21(19)25)29-22(16)28-8-9-31-10-12-34-13-11-31/h5-6,14H,1,7-13H2,2-4H3,(H,26,27)(H,28,29)/b30-16+. The van der Waals surface area contributed by atoms with Gasteiger partial charge in [0, 0.05) is 50.4 Å². The van der Waals surface area contributed by atoms with Crippen molar-refractivity contribution in [3.63, 3.8) is 0 Å². The van der Waals surface area contributed by atoms with E-state index in [1.165, 1.54) is 6.20 Å². The Kier molecular flexibility index (Phi) is 9.76. The van der Waals surface area contributed by atoms with Crippen molar-refractivity contribution in [3.05, 3.63) is 40.5 Å². The molecule has 34 heavy (non-hydrogen) atoms. The molecule has 184 valence electrons. The summed E-state index contributed by atoms with van der Waals surface area (Å²) in [4.78, 5) is 15.9. The molecule has 1 aromatic carbocycles. The van der Waals surface area contributed by atoms with Gasteiger partial charge in [0.15, 0.2) is 0 Å². The first-order valence-electron chi connectivity index (χ1n) is 10.9. The highest BCUT2D eigenvalue weighted by Gasteiger charge is 2.25. The molecule has 0 spiro atoms. The number of guanidine groups is 1. The first-order chi connectivity index (χ1) is 16.5. The number of ether oxygens (including phenoxy) is 3. The van der Waals surface area contributed by atoms with E-state index in [4.69, 9.17) is 42.4 Å². The molecule has 0 amide bonds. The van der Waals surface area contributed by atoms with Gasteiger partial charge >= 0.3 is 0 Å². The van der Waals surface area contributed by atoms with Crippen LogP contribution in [0, 0.1) is 0 Å². The zero-order chi connectivity index (χ0) is 24.5. The van der Waals surface area contributed by atoms with Crippen LogP contribution in [-0.4, -0.2) is 83.1 Å². The monoisotopic (exact) mass is 508 g/mol. The van der Waals surface area contributed by atoms with Crippen LogP contribution in [0.5, 0.6) is 11.5 Å². The van der Waals surface area contributed by atoms with Crippen LogP contribution in [-0.2, 0) is 4.74 Å². The fourth-order valence-electron chi connectivity index (χ4n) is 3.56. The quantitative estimate of drug-likeness (QED) is 0.433. The molecule has 2 aliphatic heterocycles. The number of aliphatic imine (C=N–C) groups is 3. The lowest BCUT2D eigenvalue weighted by atomic mass is 10.0. The van der Waals surface area contributed by atoms with E-state index in [2.05, 4.69) is 32.1 Å². The summed E-state index contributed by atoms with van der Waals surface area (Å²) in [5.41, 5.74) is 2.00. The minimum absolute atomic E-state index is 0.379. The van der Waals surface area contributed by atoms with Crippen LogP contribution in [0.25, 0.3) is 5.70 Å². The van der Waals surface area contributed by atoms with Crippen molar-refractivity contribution in [2.24, 2.45) is 15.0 Å². The van der Waals surface area contributed by atoms with Gasteiger partial charge in [-0.25, -0.2) is 4.99 Å². The van der Waals surface area contributed by atoms with Gasteiger partial charge in [-0.3, -0.25) is 14.9 Å². The SMILES string of the molecule is C=CNC(=NC)/N=C1\CC=C(c2c(Cl)c(OC)cc(OC)c2Cl)NC1=NCCN1CCOCC1. The van der Waals surface area contributed by atoms with Crippen LogP contribution < -0.4 is 20.1 Å². The highest BCUT2D eigenvalue weighted by Crippen LogP contribution is 2.43. The molecule has 11 heteroatoms. The van der Waals surface area contributed by atoms with Gasteiger partial charge in [-0.1, -0.05) is 35.9 Å². The summed E-state index contributed by atoms with van der Waals surface area (Å²) in [6.45, 7) is 8.36. The second-order valence-electron chi connectivity index (χ2n) is 7.37. The van der Waals surface area contributed by atoms with Crippen molar-refractivity contribution < 1.29 is 14.2 Å². The molecule has 0 atom stereocenters. The lowest BCUT2D eigenvalue weighted by Crippen LogP contribution is -2.39. The van der Waals surface area contributed by atoms with Gasteiger partial charge in [0.2, 0.25) is 5.96 Å². The lowest BCUT2D eigenvalue weighted by molar-refractivity contribution is 0.0394. The number of halogens is 2. The Morgan fingerprint density at radius 2 is 1.91 bits per heavy atom. The summed E-state index contributed by atoms with van der Waals surface area (Å²) in [5.74, 6) is 1.97. The van der Waals surface area contributed by atoms with Crippen molar-refractivity contribution in [1.29, 1.82) is 0 Å². The molecule has 2 heterocycles. The number of nitrogens with zero attached hydrogens (tertiary/aromatic N) is 4. The predicted octanol–water partition coefficient (Wildman–Crippen LogP) is 3.24. The molecular formula is C23H30Cl2N6O3. The minimum atomic E-state index is 0.379. The Morgan fingerprint density at radius 1 is 1.24 bits per heavy atom. The normalized spacial score (nSPS) is 19.6. The molecule has 0 aliphatic carbocycles. The number of morpholine rings is 1. The molecule has 1 saturated heterocycles. The van der Waals surface area contributed by atoms with Crippen LogP contribution >= 0.6 is 23.2 Å². The van der Waals surface area contributed by atoms with Crippen molar-refractivity contribution >= 4 is 46.4 Å². The predicted molar refractivity (Wildman–Crippen MR) is 139 cm³/mol. The van der Waals surface area contributed by atoms with E-state index in [1.807, 2.05) is 6.08 Å². The Labute approximate surface area is 210 Å². The molecule has 0 radical (unpaired) electrons. The third-order valence-electron chi connectivity index (χ3n) is 5.34. The number of benzene rings is 1. The summed E-state index contributed by atoms with van der Waals surface area (Å²) < 4.78 is 16.3. The average Bonchev–Trinajstić information content (AvgIpc) is 2.86. The first kappa shape index (κ1) is 26.0. The molecule has 1 aromatic rings. The Morgan fingerprint density at radius 3 is 2.50 bits per heavy atom. The summed E-state index contributed by atoms with van der Waals surface area (Å²) in [7, 11) is 4.75. The van der Waals surface area contributed by atoms with Crippen LogP contribution in [0.15, 0.2) is 39.9 Å². The molecule has 3 rings (SSSR count). The molecule has 2 aliphatic rings. The van der Waals surface area contributed by atoms with E-state index in [1.54, 1.807) is 27.3 Å². The van der Waals surface area contributed by atoms with E-state index >= 15 is 0 Å². The summed E-state index contributed by atoms with van der Waals surface area (Å²) in [6, 6.07) is 1.66. The average molecular weight is 509 g/mol. The second kappa shape index (κ2) is 12.8. The van der Waals surface area contributed by atoms with E-state index < -0.39 is 0 Å². The van der Waals surface area contributed by atoms with Gasteiger partial charge in [-0.15, -0.1) is 0 Å². The maximum atomic E-state index is 6.64. The maximum absolute atomic E-state index is 6.64.